The zero-order chi connectivity index (χ0) is 21.7. The van der Waals surface area contributed by atoms with E-state index in [4.69, 9.17) is 14.2 Å². The zero-order valence-electron chi connectivity index (χ0n) is 19.5. The molecule has 0 aromatic carbocycles. The third-order valence-electron chi connectivity index (χ3n) is 5.20. The van der Waals surface area contributed by atoms with E-state index in [-0.39, 0.29) is 37.0 Å². The molecule has 0 aliphatic carbocycles. The van der Waals surface area contributed by atoms with Gasteiger partial charge in [-0.3, -0.25) is 9.59 Å². The van der Waals surface area contributed by atoms with Gasteiger partial charge in [0.05, 0.1) is 25.0 Å². The van der Waals surface area contributed by atoms with Crippen molar-refractivity contribution in [3.8, 4) is 0 Å². The Morgan fingerprint density at radius 2 is 0.966 bits per heavy atom. The maximum absolute atomic E-state index is 12.2. The van der Waals surface area contributed by atoms with E-state index in [1.807, 2.05) is 0 Å². The maximum Gasteiger partial charge on any atom is 0.309 e. The summed E-state index contributed by atoms with van der Waals surface area (Å²) < 4.78 is 16.2. The minimum Gasteiger partial charge on any atom is -0.463 e. The number of ether oxygens (including phenoxy) is 3. The minimum atomic E-state index is -0.104. The lowest BCUT2D eigenvalue weighted by Crippen LogP contribution is -2.22. The van der Waals surface area contributed by atoms with E-state index in [0.717, 1.165) is 77.0 Å². The molecule has 0 aromatic rings. The van der Waals surface area contributed by atoms with Gasteiger partial charge in [-0.1, -0.05) is 79.1 Å². The van der Waals surface area contributed by atoms with E-state index in [2.05, 4.69) is 27.7 Å². The molecule has 0 radical (unpaired) electrons. The molecular formula is C24H46O5. The standard InChI is InChI=1S/C24H46O5/c1-5-9-11-15-21(13-7-3)23(25)28-19-17-27-18-20-29-24(26)22(14-8-4)16-12-10-6-2/h21-22H,5-20H2,1-4H3. The Morgan fingerprint density at radius 1 is 0.552 bits per heavy atom. The highest BCUT2D eigenvalue weighted by Gasteiger charge is 2.19. The van der Waals surface area contributed by atoms with Gasteiger partial charge in [0, 0.05) is 0 Å². The van der Waals surface area contributed by atoms with Crippen molar-refractivity contribution in [3.63, 3.8) is 0 Å². The number of hydrogen-bond acceptors (Lipinski definition) is 5. The van der Waals surface area contributed by atoms with Crippen molar-refractivity contribution in [1.29, 1.82) is 0 Å². The van der Waals surface area contributed by atoms with Crippen molar-refractivity contribution >= 4 is 11.9 Å². The smallest absolute Gasteiger partial charge is 0.309 e. The Bertz CT molecular complexity index is 361. The molecule has 0 aliphatic heterocycles. The summed E-state index contributed by atoms with van der Waals surface area (Å²) >= 11 is 0. The van der Waals surface area contributed by atoms with E-state index >= 15 is 0 Å². The van der Waals surface area contributed by atoms with E-state index in [0.29, 0.717) is 13.2 Å². The summed E-state index contributed by atoms with van der Waals surface area (Å²) in [5, 5.41) is 0. The summed E-state index contributed by atoms with van der Waals surface area (Å²) in [6.45, 7) is 9.72. The third-order valence-corrected chi connectivity index (χ3v) is 5.20. The van der Waals surface area contributed by atoms with Crippen LogP contribution in [0.5, 0.6) is 0 Å². The first-order chi connectivity index (χ1) is 14.1. The van der Waals surface area contributed by atoms with Crippen LogP contribution < -0.4 is 0 Å². The lowest BCUT2D eigenvalue weighted by atomic mass is 9.97. The minimum absolute atomic E-state index is 0.00992. The topological polar surface area (TPSA) is 61.8 Å². The second-order valence-corrected chi connectivity index (χ2v) is 7.91. The fourth-order valence-electron chi connectivity index (χ4n) is 3.48. The molecule has 29 heavy (non-hydrogen) atoms. The van der Waals surface area contributed by atoms with Gasteiger partial charge in [0.25, 0.3) is 0 Å². The Hall–Kier alpha value is -1.10. The van der Waals surface area contributed by atoms with Crippen LogP contribution in [0.4, 0.5) is 0 Å². The number of carbonyl (C=O) groups excluding carboxylic acids is 2. The van der Waals surface area contributed by atoms with Crippen LogP contribution in [0.2, 0.25) is 0 Å². The molecule has 5 heteroatoms. The van der Waals surface area contributed by atoms with E-state index in [1.54, 1.807) is 0 Å². The Labute approximate surface area is 179 Å². The van der Waals surface area contributed by atoms with Crippen LogP contribution in [0, 0.1) is 11.8 Å². The van der Waals surface area contributed by atoms with E-state index in [1.165, 1.54) is 0 Å². The first-order valence-corrected chi connectivity index (χ1v) is 12.0. The van der Waals surface area contributed by atoms with E-state index < -0.39 is 0 Å². The summed E-state index contributed by atoms with van der Waals surface area (Å²) in [5.74, 6) is -0.189. The molecule has 0 fully saturated rings. The normalized spacial score (nSPS) is 13.1. The fourth-order valence-corrected chi connectivity index (χ4v) is 3.48. The Kier molecular flexibility index (Phi) is 19.4. The molecule has 0 rings (SSSR count). The lowest BCUT2D eigenvalue weighted by molar-refractivity contribution is -0.152. The summed E-state index contributed by atoms with van der Waals surface area (Å²) in [6.07, 6.45) is 12.4. The molecule has 0 aliphatic rings. The van der Waals surface area contributed by atoms with Gasteiger partial charge in [-0.25, -0.2) is 0 Å². The number of unbranched alkanes of at least 4 members (excludes halogenated alkanes) is 4. The highest BCUT2D eigenvalue weighted by Crippen LogP contribution is 2.18. The Balaban J connectivity index is 3.90. The summed E-state index contributed by atoms with van der Waals surface area (Å²) in [6, 6.07) is 0. The van der Waals surface area contributed by atoms with Crippen LogP contribution in [0.3, 0.4) is 0 Å². The van der Waals surface area contributed by atoms with Gasteiger partial charge in [0.2, 0.25) is 0 Å². The summed E-state index contributed by atoms with van der Waals surface area (Å²) in [7, 11) is 0. The molecule has 0 aromatic heterocycles. The van der Waals surface area contributed by atoms with Crippen LogP contribution in [0.15, 0.2) is 0 Å². The molecule has 2 atom stereocenters. The average Bonchev–Trinajstić information content (AvgIpc) is 2.71. The number of esters is 2. The van der Waals surface area contributed by atoms with Crippen LogP contribution in [0.1, 0.15) is 105 Å². The molecule has 0 heterocycles. The summed E-state index contributed by atoms with van der Waals surface area (Å²) in [5.41, 5.74) is 0. The molecule has 5 nitrogen and oxygen atoms in total. The predicted molar refractivity (Wildman–Crippen MR) is 118 cm³/mol. The monoisotopic (exact) mass is 414 g/mol. The van der Waals surface area contributed by atoms with Gasteiger partial charge in [-0.05, 0) is 25.7 Å². The SMILES string of the molecule is CCCCCC(CCC)C(=O)OCCOCCOC(=O)C(CCC)CCCCC. The van der Waals surface area contributed by atoms with Gasteiger partial charge in [0.15, 0.2) is 0 Å². The third kappa shape index (κ3) is 15.4. The second kappa shape index (κ2) is 20.2. The van der Waals surface area contributed by atoms with Crippen LogP contribution in [0.25, 0.3) is 0 Å². The van der Waals surface area contributed by atoms with Gasteiger partial charge in [-0.2, -0.15) is 0 Å². The molecule has 0 saturated carbocycles. The molecule has 0 saturated heterocycles. The first-order valence-electron chi connectivity index (χ1n) is 12.0. The fraction of sp³-hybridized carbons (Fsp3) is 0.917. The van der Waals surface area contributed by atoms with Gasteiger partial charge < -0.3 is 14.2 Å². The molecule has 0 amide bonds. The number of hydrogen-bond donors (Lipinski definition) is 0. The molecule has 0 bridgehead atoms. The maximum atomic E-state index is 12.2. The molecular weight excluding hydrogens is 368 g/mol. The zero-order valence-corrected chi connectivity index (χ0v) is 19.5. The van der Waals surface area contributed by atoms with Gasteiger partial charge >= 0.3 is 11.9 Å². The molecule has 0 N–H and O–H groups in total. The summed E-state index contributed by atoms with van der Waals surface area (Å²) in [4.78, 5) is 24.4. The van der Waals surface area contributed by atoms with Gasteiger partial charge in [0.1, 0.15) is 13.2 Å². The van der Waals surface area contributed by atoms with Crippen molar-refractivity contribution in [2.75, 3.05) is 26.4 Å². The highest BCUT2D eigenvalue weighted by molar-refractivity contribution is 5.72. The molecule has 2 unspecified atom stereocenters. The number of rotatable bonds is 20. The van der Waals surface area contributed by atoms with Gasteiger partial charge in [-0.15, -0.1) is 0 Å². The van der Waals surface area contributed by atoms with Crippen molar-refractivity contribution in [2.24, 2.45) is 11.8 Å². The van der Waals surface area contributed by atoms with E-state index in [9.17, 15) is 9.59 Å². The Morgan fingerprint density at radius 3 is 1.31 bits per heavy atom. The first kappa shape index (κ1) is 27.9. The lowest BCUT2D eigenvalue weighted by Gasteiger charge is -2.16. The van der Waals surface area contributed by atoms with Crippen molar-refractivity contribution in [3.05, 3.63) is 0 Å². The second-order valence-electron chi connectivity index (χ2n) is 7.91. The van der Waals surface area contributed by atoms with Crippen molar-refractivity contribution in [2.45, 2.75) is 105 Å². The van der Waals surface area contributed by atoms with Crippen LogP contribution in [-0.2, 0) is 23.8 Å². The van der Waals surface area contributed by atoms with Crippen LogP contribution >= 0.6 is 0 Å². The highest BCUT2D eigenvalue weighted by atomic mass is 16.6. The van der Waals surface area contributed by atoms with Crippen molar-refractivity contribution in [1.82, 2.24) is 0 Å². The molecule has 0 spiro atoms. The predicted octanol–water partition coefficient (Wildman–Crippen LogP) is 6.08. The molecule has 172 valence electrons. The van der Waals surface area contributed by atoms with Crippen LogP contribution in [-0.4, -0.2) is 38.4 Å². The number of carbonyl (C=O) groups is 2. The average molecular weight is 415 g/mol. The quantitative estimate of drug-likeness (QED) is 0.178. The van der Waals surface area contributed by atoms with Crippen molar-refractivity contribution < 1.29 is 23.8 Å². The largest absolute Gasteiger partial charge is 0.463 e.